The van der Waals surface area contributed by atoms with E-state index >= 15 is 0 Å². The Hall–Kier alpha value is -1.65. The Balaban J connectivity index is 1.69. The van der Waals surface area contributed by atoms with Crippen molar-refractivity contribution in [3.63, 3.8) is 0 Å². The first kappa shape index (κ1) is 17.7. The van der Waals surface area contributed by atoms with Crippen molar-refractivity contribution in [1.29, 1.82) is 0 Å². The fourth-order valence-electron chi connectivity index (χ4n) is 2.13. The number of hydrogen-bond acceptors (Lipinski definition) is 4. The van der Waals surface area contributed by atoms with Gasteiger partial charge in [0.15, 0.2) is 0 Å². The first-order chi connectivity index (χ1) is 11.4. The molecule has 0 fully saturated rings. The van der Waals surface area contributed by atoms with Crippen LogP contribution >= 0.6 is 12.6 Å². The molecule has 0 saturated heterocycles. The van der Waals surface area contributed by atoms with Gasteiger partial charge in [-0.2, -0.15) is 22.9 Å². The SMILES string of the molecule is SCCCCCCOCc1ccc(N=Nc2ccccc2)cc1. The van der Waals surface area contributed by atoms with Crippen LogP contribution in [0.1, 0.15) is 31.2 Å². The second-order valence-corrected chi connectivity index (χ2v) is 5.84. The van der Waals surface area contributed by atoms with Crippen molar-refractivity contribution >= 4 is 24.0 Å². The van der Waals surface area contributed by atoms with Crippen LogP contribution in [0.3, 0.4) is 0 Å². The summed E-state index contributed by atoms with van der Waals surface area (Å²) >= 11 is 4.21. The van der Waals surface area contributed by atoms with Gasteiger partial charge in [-0.1, -0.05) is 43.2 Å². The highest BCUT2D eigenvalue weighted by Crippen LogP contribution is 2.18. The van der Waals surface area contributed by atoms with E-state index in [1.54, 1.807) is 0 Å². The van der Waals surface area contributed by atoms with E-state index in [0.29, 0.717) is 6.61 Å². The van der Waals surface area contributed by atoms with E-state index in [0.717, 1.165) is 30.2 Å². The van der Waals surface area contributed by atoms with E-state index in [2.05, 4.69) is 22.9 Å². The highest BCUT2D eigenvalue weighted by molar-refractivity contribution is 7.80. The summed E-state index contributed by atoms with van der Waals surface area (Å²) < 4.78 is 5.70. The number of azo groups is 1. The Morgan fingerprint density at radius 3 is 2.09 bits per heavy atom. The zero-order valence-electron chi connectivity index (χ0n) is 13.4. The summed E-state index contributed by atoms with van der Waals surface area (Å²) in [5.74, 6) is 0.981. The van der Waals surface area contributed by atoms with Crippen LogP contribution in [0, 0.1) is 0 Å². The quantitative estimate of drug-likeness (QED) is 0.319. The average molecular weight is 328 g/mol. The highest BCUT2D eigenvalue weighted by Gasteiger charge is 1.96. The number of ether oxygens (including phenoxy) is 1. The van der Waals surface area contributed by atoms with Crippen molar-refractivity contribution in [2.24, 2.45) is 10.2 Å². The maximum absolute atomic E-state index is 5.70. The van der Waals surface area contributed by atoms with Crippen LogP contribution in [0.4, 0.5) is 11.4 Å². The minimum Gasteiger partial charge on any atom is -0.377 e. The standard InChI is InChI=1S/C19H24N2OS/c23-15-7-2-1-6-14-22-16-17-10-12-19(13-11-17)21-20-18-8-4-3-5-9-18/h3-5,8-13,23H,1-2,6-7,14-16H2. The van der Waals surface area contributed by atoms with Gasteiger partial charge in [0.05, 0.1) is 18.0 Å². The van der Waals surface area contributed by atoms with Crippen molar-refractivity contribution in [2.45, 2.75) is 32.3 Å². The molecule has 0 aromatic heterocycles. The molecule has 0 heterocycles. The first-order valence-electron chi connectivity index (χ1n) is 8.13. The van der Waals surface area contributed by atoms with Gasteiger partial charge in [0, 0.05) is 6.61 Å². The van der Waals surface area contributed by atoms with Crippen LogP contribution in [0.25, 0.3) is 0 Å². The number of nitrogens with zero attached hydrogens (tertiary/aromatic N) is 2. The summed E-state index contributed by atoms with van der Waals surface area (Å²) in [6.07, 6.45) is 4.78. The van der Waals surface area contributed by atoms with Gasteiger partial charge in [0.1, 0.15) is 0 Å². The van der Waals surface area contributed by atoms with E-state index in [4.69, 9.17) is 4.74 Å². The van der Waals surface area contributed by atoms with Gasteiger partial charge >= 0.3 is 0 Å². The summed E-state index contributed by atoms with van der Waals surface area (Å²) in [5, 5.41) is 8.44. The molecule has 0 aliphatic rings. The normalized spacial score (nSPS) is 11.2. The molecule has 2 rings (SSSR count). The first-order valence-corrected chi connectivity index (χ1v) is 8.76. The average Bonchev–Trinajstić information content (AvgIpc) is 2.61. The van der Waals surface area contributed by atoms with Crippen molar-refractivity contribution in [3.05, 3.63) is 60.2 Å². The van der Waals surface area contributed by atoms with Gasteiger partial charge in [-0.3, -0.25) is 0 Å². The van der Waals surface area contributed by atoms with Crippen LogP contribution in [0.2, 0.25) is 0 Å². The molecule has 0 aliphatic carbocycles. The third kappa shape index (κ3) is 7.44. The van der Waals surface area contributed by atoms with Gasteiger partial charge in [-0.05, 0) is 48.4 Å². The van der Waals surface area contributed by atoms with Crippen LogP contribution < -0.4 is 0 Å². The van der Waals surface area contributed by atoms with E-state index in [1.165, 1.54) is 24.8 Å². The number of unbranched alkanes of at least 4 members (excludes halogenated alkanes) is 3. The minimum atomic E-state index is 0.655. The molecule has 23 heavy (non-hydrogen) atoms. The Morgan fingerprint density at radius 2 is 1.39 bits per heavy atom. The predicted octanol–water partition coefficient (Wildman–Crippen LogP) is 6.11. The topological polar surface area (TPSA) is 34.0 Å². The second-order valence-electron chi connectivity index (χ2n) is 5.39. The summed E-state index contributed by atoms with van der Waals surface area (Å²) in [5.41, 5.74) is 2.88. The second kappa shape index (κ2) is 11.0. The molecule has 0 saturated carbocycles. The molecule has 3 nitrogen and oxygen atoms in total. The van der Waals surface area contributed by atoms with Crippen molar-refractivity contribution < 1.29 is 4.74 Å². The monoisotopic (exact) mass is 328 g/mol. The van der Waals surface area contributed by atoms with E-state index in [-0.39, 0.29) is 0 Å². The van der Waals surface area contributed by atoms with Crippen molar-refractivity contribution in [1.82, 2.24) is 0 Å². The molecule has 0 amide bonds. The predicted molar refractivity (Wildman–Crippen MR) is 99.0 cm³/mol. The molecule has 0 atom stereocenters. The summed E-state index contributed by atoms with van der Waals surface area (Å²) in [7, 11) is 0. The Labute approximate surface area is 144 Å². The maximum atomic E-state index is 5.70. The molecule has 2 aromatic rings. The molecule has 0 bridgehead atoms. The lowest BCUT2D eigenvalue weighted by Gasteiger charge is -2.04. The third-order valence-electron chi connectivity index (χ3n) is 3.44. The van der Waals surface area contributed by atoms with Crippen molar-refractivity contribution in [3.8, 4) is 0 Å². The summed E-state index contributed by atoms with van der Waals surface area (Å²) in [6, 6.07) is 17.8. The Kier molecular flexibility index (Phi) is 8.45. The molecule has 2 aromatic carbocycles. The zero-order chi connectivity index (χ0) is 16.2. The van der Waals surface area contributed by atoms with Gasteiger partial charge < -0.3 is 4.74 Å². The van der Waals surface area contributed by atoms with Crippen molar-refractivity contribution in [2.75, 3.05) is 12.4 Å². The summed E-state index contributed by atoms with van der Waals surface area (Å²) in [6.45, 7) is 1.48. The highest BCUT2D eigenvalue weighted by atomic mass is 32.1. The van der Waals surface area contributed by atoms with Crippen LogP contribution in [0.5, 0.6) is 0 Å². The number of thiol groups is 1. The number of benzene rings is 2. The van der Waals surface area contributed by atoms with Gasteiger partial charge in [0.2, 0.25) is 0 Å². The fourth-order valence-corrected chi connectivity index (χ4v) is 2.35. The van der Waals surface area contributed by atoms with E-state index < -0.39 is 0 Å². The van der Waals surface area contributed by atoms with Crippen LogP contribution in [-0.4, -0.2) is 12.4 Å². The van der Waals surface area contributed by atoms with Gasteiger partial charge in [-0.15, -0.1) is 0 Å². The molecule has 0 aliphatic heterocycles. The molecule has 0 radical (unpaired) electrons. The molecule has 0 spiro atoms. The molecule has 122 valence electrons. The maximum Gasteiger partial charge on any atom is 0.0857 e. The van der Waals surface area contributed by atoms with Crippen LogP contribution in [0.15, 0.2) is 64.8 Å². The Morgan fingerprint density at radius 1 is 0.739 bits per heavy atom. The van der Waals surface area contributed by atoms with Crippen LogP contribution in [-0.2, 0) is 11.3 Å². The molecular formula is C19H24N2OS. The number of rotatable bonds is 10. The number of hydrogen-bond donors (Lipinski definition) is 1. The third-order valence-corrected chi connectivity index (χ3v) is 3.76. The van der Waals surface area contributed by atoms with Gasteiger partial charge in [-0.25, -0.2) is 0 Å². The molecular weight excluding hydrogens is 304 g/mol. The smallest absolute Gasteiger partial charge is 0.0857 e. The minimum absolute atomic E-state index is 0.655. The zero-order valence-corrected chi connectivity index (χ0v) is 14.3. The largest absolute Gasteiger partial charge is 0.377 e. The van der Waals surface area contributed by atoms with E-state index in [9.17, 15) is 0 Å². The Bertz CT molecular complexity index is 570. The lowest BCUT2D eigenvalue weighted by molar-refractivity contribution is 0.117. The lowest BCUT2D eigenvalue weighted by atomic mass is 10.2. The fraction of sp³-hybridized carbons (Fsp3) is 0.368. The summed E-state index contributed by atoms with van der Waals surface area (Å²) in [4.78, 5) is 0. The molecule has 0 N–H and O–H groups in total. The molecule has 4 heteroatoms. The van der Waals surface area contributed by atoms with E-state index in [1.807, 2.05) is 54.6 Å². The lowest BCUT2D eigenvalue weighted by Crippen LogP contribution is -1.95. The molecule has 0 unspecified atom stereocenters. The van der Waals surface area contributed by atoms with Gasteiger partial charge in [0.25, 0.3) is 0 Å².